The van der Waals surface area contributed by atoms with Gasteiger partial charge in [-0.05, 0) is 48.7 Å². The summed E-state index contributed by atoms with van der Waals surface area (Å²) < 4.78 is 0. The van der Waals surface area contributed by atoms with Gasteiger partial charge in [0.25, 0.3) is 0 Å². The van der Waals surface area contributed by atoms with Crippen LogP contribution in [-0.2, 0) is 0 Å². The second kappa shape index (κ2) is 10.2. The first-order chi connectivity index (χ1) is 11.5. The standard InChI is InChI=1S/2C8H11N3S/c2*1-10-8(12)11-7-5-3-2-4-6(7)9/h2*2-5H,9H2,1H3,(H2,10,11,12). The molecule has 0 aromatic heterocycles. The molecule has 0 unspecified atom stereocenters. The van der Waals surface area contributed by atoms with E-state index in [0.717, 1.165) is 11.4 Å². The van der Waals surface area contributed by atoms with E-state index in [1.807, 2.05) is 48.5 Å². The summed E-state index contributed by atoms with van der Waals surface area (Å²) in [5.41, 5.74) is 14.4. The van der Waals surface area contributed by atoms with Crippen LogP contribution in [0.1, 0.15) is 0 Å². The second-order valence-corrected chi connectivity index (χ2v) is 5.40. The van der Waals surface area contributed by atoms with Crippen LogP contribution in [0, 0.1) is 0 Å². The van der Waals surface area contributed by atoms with Crippen LogP contribution in [-0.4, -0.2) is 24.3 Å². The molecule has 0 aliphatic heterocycles. The summed E-state index contributed by atoms with van der Waals surface area (Å²) in [5, 5.41) is 12.6. The summed E-state index contributed by atoms with van der Waals surface area (Å²) in [6.45, 7) is 0. The van der Waals surface area contributed by atoms with E-state index in [9.17, 15) is 0 Å². The van der Waals surface area contributed by atoms with E-state index >= 15 is 0 Å². The molecule has 2 rings (SSSR count). The molecule has 128 valence electrons. The molecule has 8 N–H and O–H groups in total. The van der Waals surface area contributed by atoms with Crippen molar-refractivity contribution in [3.63, 3.8) is 0 Å². The summed E-state index contributed by atoms with van der Waals surface area (Å²) in [6.07, 6.45) is 0. The first-order valence-corrected chi connectivity index (χ1v) is 7.96. The highest BCUT2D eigenvalue weighted by Gasteiger charge is 1.98. The predicted molar refractivity (Wildman–Crippen MR) is 112 cm³/mol. The lowest BCUT2D eigenvalue weighted by molar-refractivity contribution is 1.20. The minimum Gasteiger partial charge on any atom is -0.397 e. The molecule has 0 atom stereocenters. The van der Waals surface area contributed by atoms with E-state index in [0.29, 0.717) is 21.6 Å². The van der Waals surface area contributed by atoms with Crippen molar-refractivity contribution in [2.75, 3.05) is 36.2 Å². The zero-order valence-corrected chi connectivity index (χ0v) is 15.2. The maximum absolute atomic E-state index is 5.67. The molecule has 0 saturated heterocycles. The van der Waals surface area contributed by atoms with E-state index in [4.69, 9.17) is 35.9 Å². The van der Waals surface area contributed by atoms with Crippen molar-refractivity contribution < 1.29 is 0 Å². The van der Waals surface area contributed by atoms with Gasteiger partial charge in [-0.1, -0.05) is 24.3 Å². The highest BCUT2D eigenvalue weighted by atomic mass is 32.1. The van der Waals surface area contributed by atoms with Crippen LogP contribution in [0.4, 0.5) is 22.7 Å². The van der Waals surface area contributed by atoms with E-state index < -0.39 is 0 Å². The number of hydrogen-bond donors (Lipinski definition) is 6. The van der Waals surface area contributed by atoms with E-state index in [-0.39, 0.29) is 0 Å². The van der Waals surface area contributed by atoms with Gasteiger partial charge in [0, 0.05) is 14.1 Å². The Balaban J connectivity index is 0.000000240. The van der Waals surface area contributed by atoms with Gasteiger partial charge in [-0.3, -0.25) is 0 Å². The number of thiocarbonyl (C=S) groups is 2. The lowest BCUT2D eigenvalue weighted by Gasteiger charge is -2.08. The normalized spacial score (nSPS) is 9.08. The number of hydrogen-bond acceptors (Lipinski definition) is 4. The average molecular weight is 363 g/mol. The van der Waals surface area contributed by atoms with Crippen LogP contribution in [0.25, 0.3) is 0 Å². The molecule has 24 heavy (non-hydrogen) atoms. The van der Waals surface area contributed by atoms with Crippen LogP contribution in [0.3, 0.4) is 0 Å². The quantitative estimate of drug-likeness (QED) is 0.358. The van der Waals surface area contributed by atoms with Gasteiger partial charge in [0.2, 0.25) is 0 Å². The monoisotopic (exact) mass is 362 g/mol. The Morgan fingerprint density at radius 3 is 1.33 bits per heavy atom. The Labute approximate surface area is 153 Å². The van der Waals surface area contributed by atoms with Crippen molar-refractivity contribution in [2.45, 2.75) is 0 Å². The molecule has 0 spiro atoms. The molecule has 0 radical (unpaired) electrons. The highest BCUT2D eigenvalue weighted by molar-refractivity contribution is 7.80. The Morgan fingerprint density at radius 2 is 1.04 bits per heavy atom. The van der Waals surface area contributed by atoms with Crippen LogP contribution in [0.5, 0.6) is 0 Å². The van der Waals surface area contributed by atoms with Crippen molar-refractivity contribution in [2.24, 2.45) is 0 Å². The maximum Gasteiger partial charge on any atom is 0.170 e. The van der Waals surface area contributed by atoms with E-state index in [1.54, 1.807) is 14.1 Å². The predicted octanol–water partition coefficient (Wildman–Crippen LogP) is 2.37. The van der Waals surface area contributed by atoms with Gasteiger partial charge in [-0.25, -0.2) is 0 Å². The minimum absolute atomic E-state index is 0.563. The molecule has 0 aliphatic carbocycles. The number of nitrogens with two attached hydrogens (primary N) is 2. The smallest absolute Gasteiger partial charge is 0.170 e. The SMILES string of the molecule is CNC(=S)Nc1ccccc1N.CNC(=S)Nc1ccccc1N. The van der Waals surface area contributed by atoms with E-state index in [2.05, 4.69) is 21.3 Å². The van der Waals surface area contributed by atoms with E-state index in [1.165, 1.54) is 0 Å². The number of benzene rings is 2. The van der Waals surface area contributed by atoms with Crippen LogP contribution >= 0.6 is 24.4 Å². The fraction of sp³-hybridized carbons (Fsp3) is 0.125. The second-order valence-electron chi connectivity index (χ2n) is 4.58. The fourth-order valence-electron chi connectivity index (χ4n) is 1.59. The molecular weight excluding hydrogens is 340 g/mol. The Morgan fingerprint density at radius 1 is 0.708 bits per heavy atom. The summed E-state index contributed by atoms with van der Waals surface area (Å²) in [6, 6.07) is 14.9. The van der Waals surface area contributed by atoms with Crippen molar-refractivity contribution in [1.29, 1.82) is 0 Å². The van der Waals surface area contributed by atoms with Gasteiger partial charge in [0.05, 0.1) is 22.7 Å². The summed E-state index contributed by atoms with van der Waals surface area (Å²) >= 11 is 9.84. The molecule has 0 bridgehead atoms. The van der Waals surface area contributed by atoms with Gasteiger partial charge in [-0.15, -0.1) is 0 Å². The molecule has 0 amide bonds. The van der Waals surface area contributed by atoms with Gasteiger partial charge in [-0.2, -0.15) is 0 Å². The molecule has 0 saturated carbocycles. The van der Waals surface area contributed by atoms with Gasteiger partial charge in [0.15, 0.2) is 10.2 Å². The number of anilines is 4. The fourth-order valence-corrected chi connectivity index (χ4v) is 1.81. The summed E-state index contributed by atoms with van der Waals surface area (Å²) in [4.78, 5) is 0. The number of nitrogen functional groups attached to an aromatic ring is 2. The van der Waals surface area contributed by atoms with Crippen molar-refractivity contribution in [3.8, 4) is 0 Å². The maximum atomic E-state index is 5.67. The Bertz CT molecular complexity index is 630. The number of nitrogens with one attached hydrogen (secondary N) is 4. The minimum atomic E-state index is 0.563. The largest absolute Gasteiger partial charge is 0.397 e. The van der Waals surface area contributed by atoms with Gasteiger partial charge in [0.1, 0.15) is 0 Å². The van der Waals surface area contributed by atoms with Crippen molar-refractivity contribution in [3.05, 3.63) is 48.5 Å². The molecule has 2 aromatic rings. The molecule has 0 heterocycles. The third-order valence-electron chi connectivity index (χ3n) is 2.87. The van der Waals surface area contributed by atoms with Gasteiger partial charge < -0.3 is 32.7 Å². The van der Waals surface area contributed by atoms with Gasteiger partial charge >= 0.3 is 0 Å². The molecular formula is C16H22N6S2. The third-order valence-corrected chi connectivity index (χ3v) is 3.48. The lowest BCUT2D eigenvalue weighted by atomic mass is 10.3. The topological polar surface area (TPSA) is 100 Å². The van der Waals surface area contributed by atoms with Crippen molar-refractivity contribution >= 4 is 57.4 Å². The van der Waals surface area contributed by atoms with Crippen LogP contribution in [0.2, 0.25) is 0 Å². The zero-order chi connectivity index (χ0) is 17.9. The first-order valence-electron chi connectivity index (χ1n) is 7.14. The molecule has 2 aromatic carbocycles. The summed E-state index contributed by atoms with van der Waals surface area (Å²) in [7, 11) is 3.52. The lowest BCUT2D eigenvalue weighted by Crippen LogP contribution is -2.24. The zero-order valence-electron chi connectivity index (χ0n) is 13.6. The molecule has 0 aliphatic rings. The molecule has 0 fully saturated rings. The third kappa shape index (κ3) is 6.67. The molecule has 6 nitrogen and oxygen atoms in total. The summed E-state index contributed by atoms with van der Waals surface area (Å²) in [5.74, 6) is 0. The van der Waals surface area contributed by atoms with Crippen LogP contribution in [0.15, 0.2) is 48.5 Å². The van der Waals surface area contributed by atoms with Crippen LogP contribution < -0.4 is 32.7 Å². The average Bonchev–Trinajstić information content (AvgIpc) is 2.59. The first kappa shape index (κ1) is 19.5. The number of para-hydroxylation sites is 4. The Hall–Kier alpha value is -2.58. The Kier molecular flexibility index (Phi) is 8.31. The van der Waals surface area contributed by atoms with Crippen molar-refractivity contribution in [1.82, 2.24) is 10.6 Å². The molecule has 8 heteroatoms. The highest BCUT2D eigenvalue weighted by Crippen LogP contribution is 2.16. The number of rotatable bonds is 2.